The van der Waals surface area contributed by atoms with Crippen molar-refractivity contribution in [2.24, 2.45) is 0 Å². The Hall–Kier alpha value is -1.75. The van der Waals surface area contributed by atoms with Crippen LogP contribution in [0, 0.1) is 0 Å². The summed E-state index contributed by atoms with van der Waals surface area (Å²) in [7, 11) is 0. The van der Waals surface area contributed by atoms with E-state index < -0.39 is 17.0 Å². The topological polar surface area (TPSA) is 112 Å². The predicted octanol–water partition coefficient (Wildman–Crippen LogP) is 2.74. The molecular formula is C22H36N2O7. The van der Waals surface area contributed by atoms with Gasteiger partial charge in [0.05, 0.1) is 25.1 Å². The summed E-state index contributed by atoms with van der Waals surface area (Å²) in [4.78, 5) is 18.5. The van der Waals surface area contributed by atoms with Crippen molar-refractivity contribution in [2.45, 2.75) is 64.0 Å². The molecule has 0 unspecified atom stereocenters. The van der Waals surface area contributed by atoms with Crippen LogP contribution in [-0.2, 0) is 14.4 Å². The van der Waals surface area contributed by atoms with Crippen LogP contribution in [0.1, 0.15) is 57.9 Å². The van der Waals surface area contributed by atoms with Gasteiger partial charge in [-0.15, -0.1) is 0 Å². The minimum absolute atomic E-state index is 0.00492. The summed E-state index contributed by atoms with van der Waals surface area (Å²) in [5, 5.41) is 27.1. The summed E-state index contributed by atoms with van der Waals surface area (Å²) in [6.07, 6.45) is 3.93. The van der Waals surface area contributed by atoms with Crippen LogP contribution in [0.5, 0.6) is 5.75 Å². The second-order valence-electron chi connectivity index (χ2n) is 8.80. The molecule has 0 radical (unpaired) electrons. The van der Waals surface area contributed by atoms with E-state index in [-0.39, 0.29) is 38.9 Å². The van der Waals surface area contributed by atoms with Crippen LogP contribution in [0.2, 0.25) is 0 Å². The van der Waals surface area contributed by atoms with E-state index in [0.717, 1.165) is 18.6 Å². The van der Waals surface area contributed by atoms with E-state index in [9.17, 15) is 9.90 Å². The largest absolute Gasteiger partial charge is 0.491 e. The third-order valence-electron chi connectivity index (χ3n) is 5.31. The number of para-hydroxylation sites is 1. The van der Waals surface area contributed by atoms with Crippen molar-refractivity contribution in [2.75, 3.05) is 33.0 Å². The number of hydrogen-bond donors (Lipinski definition) is 3. The van der Waals surface area contributed by atoms with Gasteiger partial charge in [-0.2, -0.15) is 0 Å². The fraction of sp³-hybridized carbons (Fsp3) is 0.682. The molecule has 0 saturated heterocycles. The van der Waals surface area contributed by atoms with Gasteiger partial charge in [-0.3, -0.25) is 15.2 Å². The molecule has 0 heterocycles. The summed E-state index contributed by atoms with van der Waals surface area (Å²) in [6, 6.07) is 7.97. The lowest BCUT2D eigenvalue weighted by molar-refractivity contribution is -0.493. The molecule has 9 heteroatoms. The molecule has 31 heavy (non-hydrogen) atoms. The summed E-state index contributed by atoms with van der Waals surface area (Å²) in [5.74, 6) is 1.01. The van der Waals surface area contributed by atoms with Crippen molar-refractivity contribution in [3.8, 4) is 5.75 Å². The first-order valence-electron chi connectivity index (χ1n) is 10.8. The molecule has 9 nitrogen and oxygen atoms in total. The smallest absolute Gasteiger partial charge is 0.249 e. The Kier molecular flexibility index (Phi) is 10.1. The van der Waals surface area contributed by atoms with Gasteiger partial charge in [-0.25, -0.2) is 4.84 Å². The standard InChI is InChI=1S/C22H36N2O7/c1-22(2,3)23(21(26)16-29-12-13-31-24(27)28)14-18(25)15-30-20-11-7-6-10-19(20)17-8-4-5-9-17/h6-7,10-11,17-18,25,27-28H,4-5,8-9,12-16H2,1-3H3/t18-/m0/s1. The van der Waals surface area contributed by atoms with E-state index in [1.807, 2.05) is 39.0 Å². The highest BCUT2D eigenvalue weighted by molar-refractivity contribution is 5.78. The second kappa shape index (κ2) is 12.3. The zero-order valence-electron chi connectivity index (χ0n) is 18.7. The van der Waals surface area contributed by atoms with E-state index in [2.05, 4.69) is 10.9 Å². The van der Waals surface area contributed by atoms with Crippen LogP contribution in [0.15, 0.2) is 24.3 Å². The Balaban J connectivity index is 1.87. The normalized spacial score (nSPS) is 16.0. The maximum atomic E-state index is 12.6. The number of aliphatic hydroxyl groups excluding tert-OH is 1. The molecule has 1 fully saturated rings. The monoisotopic (exact) mass is 440 g/mol. The quantitative estimate of drug-likeness (QED) is 0.336. The molecule has 0 spiro atoms. The van der Waals surface area contributed by atoms with Gasteiger partial charge in [0.15, 0.2) is 0 Å². The molecule has 1 amide bonds. The van der Waals surface area contributed by atoms with Crippen LogP contribution in [0.3, 0.4) is 0 Å². The highest BCUT2D eigenvalue weighted by Crippen LogP contribution is 2.38. The van der Waals surface area contributed by atoms with Crippen molar-refractivity contribution in [3.05, 3.63) is 29.8 Å². The van der Waals surface area contributed by atoms with Crippen LogP contribution in [0.4, 0.5) is 0 Å². The van der Waals surface area contributed by atoms with Gasteiger partial charge in [-0.05, 0) is 51.2 Å². The molecular weight excluding hydrogens is 404 g/mol. The number of nitrogens with zero attached hydrogens (tertiary/aromatic N) is 2. The van der Waals surface area contributed by atoms with Crippen LogP contribution in [-0.4, -0.2) is 76.3 Å². The SMILES string of the molecule is CC(C)(C)N(C[C@H](O)COc1ccccc1C1CCCC1)C(=O)COCCON(O)O. The summed E-state index contributed by atoms with van der Waals surface area (Å²) < 4.78 is 11.2. The summed E-state index contributed by atoms with van der Waals surface area (Å²) in [5.41, 5.74) is 0.669. The average molecular weight is 441 g/mol. The molecule has 1 aromatic rings. The Bertz CT molecular complexity index is 672. The van der Waals surface area contributed by atoms with Gasteiger partial charge in [0, 0.05) is 5.54 Å². The number of carbonyl (C=O) groups excluding carboxylic acids is 1. The predicted molar refractivity (Wildman–Crippen MR) is 113 cm³/mol. The highest BCUT2D eigenvalue weighted by atomic mass is 17.1. The first kappa shape index (κ1) is 25.5. The molecule has 1 aromatic carbocycles. The number of ether oxygens (including phenoxy) is 2. The number of hydrogen-bond acceptors (Lipinski definition) is 8. The lowest BCUT2D eigenvalue weighted by Crippen LogP contribution is -2.51. The van der Waals surface area contributed by atoms with E-state index in [0.29, 0.717) is 5.92 Å². The average Bonchev–Trinajstić information content (AvgIpc) is 3.24. The molecule has 2 rings (SSSR count). The molecule has 1 atom stereocenters. The van der Waals surface area contributed by atoms with Gasteiger partial charge >= 0.3 is 0 Å². The first-order chi connectivity index (χ1) is 14.7. The van der Waals surface area contributed by atoms with Gasteiger partial charge in [-0.1, -0.05) is 31.0 Å². The maximum absolute atomic E-state index is 12.6. The van der Waals surface area contributed by atoms with Crippen molar-refractivity contribution in [3.63, 3.8) is 0 Å². The minimum Gasteiger partial charge on any atom is -0.491 e. The number of rotatable bonds is 12. The van der Waals surface area contributed by atoms with Crippen molar-refractivity contribution in [1.29, 1.82) is 0 Å². The molecule has 1 saturated carbocycles. The molecule has 1 aliphatic carbocycles. The molecule has 3 N–H and O–H groups in total. The number of benzene rings is 1. The fourth-order valence-corrected chi connectivity index (χ4v) is 3.80. The lowest BCUT2D eigenvalue weighted by atomic mass is 9.97. The molecule has 176 valence electrons. The van der Waals surface area contributed by atoms with E-state index in [1.54, 1.807) is 4.90 Å². The number of carbonyl (C=O) groups is 1. The molecule has 1 aliphatic rings. The summed E-state index contributed by atoms with van der Waals surface area (Å²) in [6.45, 7) is 5.51. The molecule has 0 bridgehead atoms. The highest BCUT2D eigenvalue weighted by Gasteiger charge is 2.29. The summed E-state index contributed by atoms with van der Waals surface area (Å²) >= 11 is 0. The first-order valence-corrected chi connectivity index (χ1v) is 10.8. The van der Waals surface area contributed by atoms with Gasteiger partial charge in [0.2, 0.25) is 5.91 Å². The van der Waals surface area contributed by atoms with Crippen LogP contribution >= 0.6 is 0 Å². The van der Waals surface area contributed by atoms with Crippen molar-refractivity contribution < 1.29 is 34.6 Å². The van der Waals surface area contributed by atoms with Crippen molar-refractivity contribution in [1.82, 2.24) is 10.3 Å². The maximum Gasteiger partial charge on any atom is 0.249 e. The van der Waals surface area contributed by atoms with Crippen LogP contribution in [0.25, 0.3) is 0 Å². The lowest BCUT2D eigenvalue weighted by Gasteiger charge is -2.37. The second-order valence-corrected chi connectivity index (χ2v) is 8.80. The Morgan fingerprint density at radius 1 is 1.16 bits per heavy atom. The fourth-order valence-electron chi connectivity index (χ4n) is 3.80. The van der Waals surface area contributed by atoms with Gasteiger partial charge in [0.1, 0.15) is 25.1 Å². The van der Waals surface area contributed by atoms with E-state index in [4.69, 9.17) is 19.9 Å². The molecule has 0 aromatic heterocycles. The molecule has 0 aliphatic heterocycles. The minimum atomic E-state index is -0.861. The zero-order valence-corrected chi connectivity index (χ0v) is 18.7. The third kappa shape index (κ3) is 8.72. The van der Waals surface area contributed by atoms with E-state index in [1.165, 1.54) is 18.4 Å². The number of β-amino-alcohol motifs (C(OH)–C–C–N with tert-alkyl or cyclic N) is 1. The van der Waals surface area contributed by atoms with Crippen molar-refractivity contribution >= 4 is 5.91 Å². The number of amides is 1. The Labute approximate surface area is 184 Å². The zero-order chi connectivity index (χ0) is 22.9. The number of aliphatic hydroxyl groups is 1. The Morgan fingerprint density at radius 3 is 2.48 bits per heavy atom. The Morgan fingerprint density at radius 2 is 1.84 bits per heavy atom. The third-order valence-corrected chi connectivity index (χ3v) is 5.31. The van der Waals surface area contributed by atoms with Gasteiger partial charge < -0.3 is 19.5 Å². The van der Waals surface area contributed by atoms with Crippen LogP contribution < -0.4 is 4.74 Å². The van der Waals surface area contributed by atoms with E-state index >= 15 is 0 Å². The van der Waals surface area contributed by atoms with Gasteiger partial charge in [0.25, 0.3) is 0 Å².